The summed E-state index contributed by atoms with van der Waals surface area (Å²) >= 11 is 1.67. The lowest BCUT2D eigenvalue weighted by Gasteiger charge is -2.07. The Hall–Kier alpha value is -1.81. The molecule has 0 aliphatic carbocycles. The van der Waals surface area contributed by atoms with Crippen molar-refractivity contribution in [3.63, 3.8) is 0 Å². The second-order valence-electron chi connectivity index (χ2n) is 4.33. The molecular formula is C15H17NO2S. The summed E-state index contributed by atoms with van der Waals surface area (Å²) in [4.78, 5) is 14.3. The molecule has 0 aliphatic rings. The van der Waals surface area contributed by atoms with Gasteiger partial charge in [-0.3, -0.25) is 0 Å². The topological polar surface area (TPSA) is 52.3 Å². The number of hydrogen-bond donors (Lipinski definition) is 1. The Bertz CT molecular complexity index is 590. The van der Waals surface area contributed by atoms with Gasteiger partial charge in [-0.2, -0.15) is 0 Å². The van der Waals surface area contributed by atoms with E-state index in [1.165, 1.54) is 4.88 Å². The molecular weight excluding hydrogens is 258 g/mol. The molecule has 19 heavy (non-hydrogen) atoms. The third kappa shape index (κ3) is 3.15. The van der Waals surface area contributed by atoms with Crippen molar-refractivity contribution in [3.05, 3.63) is 51.2 Å². The number of ether oxygens (including phenoxy) is 1. The van der Waals surface area contributed by atoms with Crippen LogP contribution in [0.4, 0.5) is 5.69 Å². The Morgan fingerprint density at radius 1 is 1.26 bits per heavy atom. The minimum absolute atomic E-state index is 0.302. The predicted octanol–water partition coefficient (Wildman–Crippen LogP) is 3.56. The number of para-hydroxylation sites is 1. The van der Waals surface area contributed by atoms with Crippen LogP contribution < -0.4 is 5.73 Å². The van der Waals surface area contributed by atoms with Gasteiger partial charge in [-0.05, 0) is 37.1 Å². The third-order valence-electron chi connectivity index (χ3n) is 2.96. The molecule has 4 heteroatoms. The van der Waals surface area contributed by atoms with E-state index in [9.17, 15) is 4.79 Å². The second-order valence-corrected chi connectivity index (χ2v) is 5.59. The van der Waals surface area contributed by atoms with Crippen LogP contribution in [0, 0.1) is 6.92 Å². The minimum Gasteiger partial charge on any atom is -0.456 e. The molecule has 0 unspecified atom stereocenters. The Morgan fingerprint density at radius 3 is 2.68 bits per heavy atom. The molecule has 0 amide bonds. The molecule has 2 rings (SSSR count). The molecule has 0 saturated heterocycles. The number of nitrogens with two attached hydrogens (primary N) is 1. The first-order chi connectivity index (χ1) is 9.11. The van der Waals surface area contributed by atoms with Crippen molar-refractivity contribution in [2.24, 2.45) is 0 Å². The fraction of sp³-hybridized carbons (Fsp3) is 0.267. The van der Waals surface area contributed by atoms with Crippen LogP contribution in [0.2, 0.25) is 0 Å². The highest BCUT2D eigenvalue weighted by Gasteiger charge is 2.12. The number of aryl methyl sites for hydroxylation is 2. The highest BCUT2D eigenvalue weighted by Crippen LogP contribution is 2.20. The largest absolute Gasteiger partial charge is 0.456 e. The van der Waals surface area contributed by atoms with Gasteiger partial charge in [0.05, 0.1) is 5.56 Å². The molecule has 0 radical (unpaired) electrons. The highest BCUT2D eigenvalue weighted by atomic mass is 32.1. The van der Waals surface area contributed by atoms with E-state index in [-0.39, 0.29) is 5.97 Å². The van der Waals surface area contributed by atoms with Gasteiger partial charge in [0, 0.05) is 15.4 Å². The van der Waals surface area contributed by atoms with Crippen LogP contribution in [0.1, 0.15) is 32.6 Å². The summed E-state index contributed by atoms with van der Waals surface area (Å²) < 4.78 is 5.30. The van der Waals surface area contributed by atoms with Gasteiger partial charge in [-0.25, -0.2) is 4.79 Å². The summed E-state index contributed by atoms with van der Waals surface area (Å²) in [6.45, 7) is 4.28. The van der Waals surface area contributed by atoms with E-state index in [0.29, 0.717) is 17.9 Å². The van der Waals surface area contributed by atoms with E-state index >= 15 is 0 Å². The Morgan fingerprint density at radius 2 is 2.00 bits per heavy atom. The molecule has 0 fully saturated rings. The summed E-state index contributed by atoms with van der Waals surface area (Å²) in [7, 11) is 0. The lowest BCUT2D eigenvalue weighted by molar-refractivity contribution is 0.0478. The van der Waals surface area contributed by atoms with Gasteiger partial charge in [0.15, 0.2) is 0 Å². The molecule has 0 spiro atoms. The van der Waals surface area contributed by atoms with Crippen molar-refractivity contribution < 1.29 is 9.53 Å². The summed E-state index contributed by atoms with van der Waals surface area (Å²) in [5.74, 6) is -0.368. The maximum Gasteiger partial charge on any atom is 0.340 e. The Labute approximate surface area is 117 Å². The van der Waals surface area contributed by atoms with Crippen molar-refractivity contribution in [2.75, 3.05) is 5.73 Å². The zero-order valence-electron chi connectivity index (χ0n) is 11.1. The molecule has 1 heterocycles. The van der Waals surface area contributed by atoms with Crippen molar-refractivity contribution in [3.8, 4) is 0 Å². The maximum atomic E-state index is 12.0. The van der Waals surface area contributed by atoms with Crippen LogP contribution in [0.25, 0.3) is 0 Å². The number of anilines is 1. The molecule has 2 aromatic rings. The molecule has 0 saturated carbocycles. The van der Waals surface area contributed by atoms with E-state index in [0.717, 1.165) is 16.9 Å². The van der Waals surface area contributed by atoms with Crippen LogP contribution in [-0.4, -0.2) is 5.97 Å². The van der Waals surface area contributed by atoms with Crippen LogP contribution in [0.3, 0.4) is 0 Å². The number of carbonyl (C=O) groups excluding carboxylic acids is 1. The lowest BCUT2D eigenvalue weighted by atomic mass is 10.1. The molecule has 0 bridgehead atoms. The van der Waals surface area contributed by atoms with Gasteiger partial charge in [0.1, 0.15) is 6.61 Å². The zero-order valence-corrected chi connectivity index (χ0v) is 11.9. The van der Waals surface area contributed by atoms with E-state index in [1.807, 2.05) is 25.1 Å². The Balaban J connectivity index is 2.03. The number of thiophene rings is 1. The number of rotatable bonds is 4. The smallest absolute Gasteiger partial charge is 0.340 e. The summed E-state index contributed by atoms with van der Waals surface area (Å²) in [5.41, 5.74) is 7.70. The van der Waals surface area contributed by atoms with Crippen LogP contribution >= 0.6 is 11.3 Å². The average molecular weight is 275 g/mol. The SMILES string of the molecule is CCc1ccc(COC(=O)c2cccc(C)c2N)s1. The number of benzene rings is 1. The fourth-order valence-electron chi connectivity index (χ4n) is 1.76. The minimum atomic E-state index is -0.368. The molecule has 1 aromatic heterocycles. The van der Waals surface area contributed by atoms with Gasteiger partial charge in [0.25, 0.3) is 0 Å². The van der Waals surface area contributed by atoms with E-state index in [1.54, 1.807) is 17.4 Å². The van der Waals surface area contributed by atoms with Crippen LogP contribution in [0.5, 0.6) is 0 Å². The average Bonchev–Trinajstić information content (AvgIpc) is 2.87. The van der Waals surface area contributed by atoms with Gasteiger partial charge >= 0.3 is 5.97 Å². The molecule has 100 valence electrons. The van der Waals surface area contributed by atoms with E-state index in [2.05, 4.69) is 13.0 Å². The molecule has 2 N–H and O–H groups in total. The quantitative estimate of drug-likeness (QED) is 0.685. The molecule has 1 aromatic carbocycles. The van der Waals surface area contributed by atoms with Gasteiger partial charge in [-0.15, -0.1) is 11.3 Å². The van der Waals surface area contributed by atoms with Crippen molar-refractivity contribution in [1.29, 1.82) is 0 Å². The van der Waals surface area contributed by atoms with Gasteiger partial charge in [-0.1, -0.05) is 19.1 Å². The van der Waals surface area contributed by atoms with Crippen molar-refractivity contribution >= 4 is 23.0 Å². The summed E-state index contributed by atoms with van der Waals surface area (Å²) in [6, 6.07) is 9.43. The first-order valence-corrected chi connectivity index (χ1v) is 7.03. The predicted molar refractivity (Wildman–Crippen MR) is 78.4 cm³/mol. The highest BCUT2D eigenvalue weighted by molar-refractivity contribution is 7.11. The summed E-state index contributed by atoms with van der Waals surface area (Å²) in [6.07, 6.45) is 1.00. The number of hydrogen-bond acceptors (Lipinski definition) is 4. The van der Waals surface area contributed by atoms with Gasteiger partial charge in [0.2, 0.25) is 0 Å². The standard InChI is InChI=1S/C15H17NO2S/c1-3-11-7-8-12(19-11)9-18-15(17)13-6-4-5-10(2)14(13)16/h4-8H,3,9,16H2,1-2H3. The first-order valence-electron chi connectivity index (χ1n) is 6.21. The second kappa shape index (κ2) is 5.89. The fourth-order valence-corrected chi connectivity index (χ4v) is 2.63. The number of nitrogen functional groups attached to an aromatic ring is 1. The van der Waals surface area contributed by atoms with Crippen molar-refractivity contribution in [1.82, 2.24) is 0 Å². The lowest BCUT2D eigenvalue weighted by Crippen LogP contribution is -2.08. The van der Waals surface area contributed by atoms with Gasteiger partial charge < -0.3 is 10.5 Å². The summed E-state index contributed by atoms with van der Waals surface area (Å²) in [5, 5.41) is 0. The number of esters is 1. The molecule has 0 atom stereocenters. The van der Waals surface area contributed by atoms with Crippen molar-refractivity contribution in [2.45, 2.75) is 26.9 Å². The molecule has 3 nitrogen and oxygen atoms in total. The third-order valence-corrected chi connectivity index (χ3v) is 4.16. The van der Waals surface area contributed by atoms with Crippen LogP contribution in [-0.2, 0) is 17.8 Å². The van der Waals surface area contributed by atoms with Crippen LogP contribution in [0.15, 0.2) is 30.3 Å². The van der Waals surface area contributed by atoms with E-state index in [4.69, 9.17) is 10.5 Å². The first kappa shape index (κ1) is 13.6. The number of carbonyl (C=O) groups is 1. The van der Waals surface area contributed by atoms with E-state index < -0.39 is 0 Å². The maximum absolute atomic E-state index is 12.0. The molecule has 0 aliphatic heterocycles. The Kier molecular flexibility index (Phi) is 4.22. The zero-order chi connectivity index (χ0) is 13.8. The normalized spacial score (nSPS) is 10.4. The monoisotopic (exact) mass is 275 g/mol.